The minimum atomic E-state index is -0.732. The van der Waals surface area contributed by atoms with Crippen molar-refractivity contribution in [3.05, 3.63) is 92.4 Å². The van der Waals surface area contributed by atoms with Crippen molar-refractivity contribution in [2.75, 3.05) is 11.4 Å². The van der Waals surface area contributed by atoms with E-state index in [-0.39, 0.29) is 28.8 Å². The number of carbonyl (C=O) groups is 1. The van der Waals surface area contributed by atoms with Crippen molar-refractivity contribution in [2.45, 2.75) is 26.5 Å². The number of hydrogen-bond donors (Lipinski definition) is 0. The Morgan fingerprint density at radius 2 is 1.97 bits per heavy atom. The van der Waals surface area contributed by atoms with E-state index in [1.807, 2.05) is 18.2 Å². The molecule has 0 aliphatic carbocycles. The molecule has 1 amide bonds. The average molecular weight is 445 g/mol. The van der Waals surface area contributed by atoms with Crippen LogP contribution >= 0.6 is 11.6 Å². The van der Waals surface area contributed by atoms with Gasteiger partial charge in [0.15, 0.2) is 0 Å². The molecule has 1 aliphatic rings. The molecule has 5 nitrogen and oxygen atoms in total. The molecule has 4 rings (SSSR count). The van der Waals surface area contributed by atoms with Gasteiger partial charge in [-0.1, -0.05) is 23.7 Å². The Morgan fingerprint density at radius 1 is 1.16 bits per heavy atom. The first-order chi connectivity index (χ1) is 14.8. The summed E-state index contributed by atoms with van der Waals surface area (Å²) in [5.41, 5.74) is 2.58. The van der Waals surface area contributed by atoms with Gasteiger partial charge in [-0.15, -0.1) is 0 Å². The normalized spacial score (nSPS) is 12.7. The third kappa shape index (κ3) is 4.32. The molecule has 0 atom stereocenters. The second kappa shape index (κ2) is 8.51. The number of aromatic nitrogens is 1. The number of hydrogen-bond acceptors (Lipinski definition) is 3. The monoisotopic (exact) mass is 444 g/mol. The third-order valence-corrected chi connectivity index (χ3v) is 5.59. The van der Waals surface area contributed by atoms with Crippen LogP contribution in [0.25, 0.3) is 0 Å². The number of rotatable bonds is 5. The summed E-state index contributed by atoms with van der Waals surface area (Å²) in [6, 6.07) is 10.5. The molecule has 0 fully saturated rings. The van der Waals surface area contributed by atoms with Crippen molar-refractivity contribution in [3.8, 4) is 5.75 Å². The highest BCUT2D eigenvalue weighted by atomic mass is 35.5. The Hall–Kier alpha value is -3.19. The molecule has 160 valence electrons. The first-order valence-electron chi connectivity index (χ1n) is 9.69. The number of nitrogens with zero attached hydrogens (tertiary/aromatic N) is 2. The van der Waals surface area contributed by atoms with Crippen LogP contribution in [0.2, 0.25) is 5.02 Å². The molecule has 0 saturated heterocycles. The summed E-state index contributed by atoms with van der Waals surface area (Å²) in [4.78, 5) is 26.1. The molecule has 8 heteroatoms. The molecule has 0 spiro atoms. The number of carbonyl (C=O) groups excluding carboxylic acids is 1. The van der Waals surface area contributed by atoms with Gasteiger partial charge in [-0.2, -0.15) is 0 Å². The first-order valence-corrected chi connectivity index (χ1v) is 10.1. The second-order valence-corrected chi connectivity index (χ2v) is 7.71. The maximum Gasteiger partial charge on any atom is 0.273 e. The molecular weight excluding hydrogens is 426 g/mol. The van der Waals surface area contributed by atoms with E-state index in [0.717, 1.165) is 35.4 Å². The van der Waals surface area contributed by atoms with Crippen molar-refractivity contribution in [1.82, 2.24) is 4.57 Å². The lowest BCUT2D eigenvalue weighted by atomic mass is 10.1. The fraction of sp³-hybridized carbons (Fsp3) is 0.217. The lowest BCUT2D eigenvalue weighted by molar-refractivity contribution is -0.116. The first kappa shape index (κ1) is 21.1. The summed E-state index contributed by atoms with van der Waals surface area (Å²) in [6.07, 6.45) is 2.32. The zero-order chi connectivity index (χ0) is 22.1. The Morgan fingerprint density at radius 3 is 2.71 bits per heavy atom. The Balaban J connectivity index is 1.50. The van der Waals surface area contributed by atoms with Gasteiger partial charge in [0.1, 0.15) is 29.0 Å². The number of amides is 1. The summed E-state index contributed by atoms with van der Waals surface area (Å²) in [5, 5.41) is -0.117. The van der Waals surface area contributed by atoms with Crippen LogP contribution in [-0.2, 0) is 24.4 Å². The number of pyridine rings is 1. The summed E-state index contributed by atoms with van der Waals surface area (Å²) < 4.78 is 33.7. The van der Waals surface area contributed by atoms with E-state index in [0.29, 0.717) is 13.1 Å². The Labute approximate surface area is 182 Å². The third-order valence-electron chi connectivity index (χ3n) is 5.24. The SMILES string of the molecule is CC(=O)N1CCc2cc(Cn3ccc(OCc4ccc(F)cc4F)c(Cl)c3=O)ccc21. The fourth-order valence-electron chi connectivity index (χ4n) is 3.64. The van der Waals surface area contributed by atoms with Crippen molar-refractivity contribution >= 4 is 23.2 Å². The predicted molar refractivity (Wildman–Crippen MR) is 114 cm³/mol. The summed E-state index contributed by atoms with van der Waals surface area (Å²) in [7, 11) is 0. The summed E-state index contributed by atoms with van der Waals surface area (Å²) >= 11 is 6.19. The van der Waals surface area contributed by atoms with Crippen LogP contribution in [-0.4, -0.2) is 17.0 Å². The molecule has 0 saturated carbocycles. The standard InChI is InChI=1S/C23H19ClF2N2O3/c1-14(29)28-9-6-16-10-15(2-5-20(16)28)12-27-8-7-21(22(24)23(27)30)31-13-17-3-4-18(25)11-19(17)26/h2-5,7-8,10-11H,6,9,12-13H2,1H3. The average Bonchev–Trinajstić information content (AvgIpc) is 3.15. The fourth-order valence-corrected chi connectivity index (χ4v) is 3.86. The van der Waals surface area contributed by atoms with E-state index in [1.54, 1.807) is 18.0 Å². The minimum Gasteiger partial charge on any atom is -0.487 e. The molecule has 1 aliphatic heterocycles. The lowest BCUT2D eigenvalue weighted by Crippen LogP contribution is -2.25. The van der Waals surface area contributed by atoms with E-state index in [9.17, 15) is 18.4 Å². The van der Waals surface area contributed by atoms with E-state index in [2.05, 4.69) is 0 Å². The van der Waals surface area contributed by atoms with Gasteiger partial charge in [-0.05, 0) is 41.8 Å². The highest BCUT2D eigenvalue weighted by molar-refractivity contribution is 6.31. The van der Waals surface area contributed by atoms with Gasteiger partial charge in [-0.25, -0.2) is 8.78 Å². The van der Waals surface area contributed by atoms with Crippen LogP contribution in [0.1, 0.15) is 23.6 Å². The summed E-state index contributed by atoms with van der Waals surface area (Å²) in [5.74, 6) is -1.28. The van der Waals surface area contributed by atoms with E-state index in [4.69, 9.17) is 16.3 Å². The van der Waals surface area contributed by atoms with Gasteiger partial charge in [-0.3, -0.25) is 9.59 Å². The largest absolute Gasteiger partial charge is 0.487 e. The molecule has 2 heterocycles. The molecule has 2 aromatic carbocycles. The van der Waals surface area contributed by atoms with Crippen LogP contribution in [0.4, 0.5) is 14.5 Å². The molecule has 31 heavy (non-hydrogen) atoms. The van der Waals surface area contributed by atoms with Crippen LogP contribution < -0.4 is 15.2 Å². The zero-order valence-electron chi connectivity index (χ0n) is 16.7. The van der Waals surface area contributed by atoms with Crippen molar-refractivity contribution < 1.29 is 18.3 Å². The van der Waals surface area contributed by atoms with Crippen molar-refractivity contribution in [1.29, 1.82) is 0 Å². The predicted octanol–water partition coefficient (Wildman–Crippen LogP) is 4.32. The number of fused-ring (bicyclic) bond motifs is 1. The maximum atomic E-state index is 13.8. The molecule has 0 unspecified atom stereocenters. The molecule has 3 aromatic rings. The van der Waals surface area contributed by atoms with E-state index >= 15 is 0 Å². The van der Waals surface area contributed by atoms with Crippen LogP contribution in [0, 0.1) is 11.6 Å². The second-order valence-electron chi connectivity index (χ2n) is 7.34. The van der Waals surface area contributed by atoms with E-state index in [1.165, 1.54) is 16.7 Å². The van der Waals surface area contributed by atoms with Crippen LogP contribution in [0.5, 0.6) is 5.75 Å². The van der Waals surface area contributed by atoms with Crippen LogP contribution in [0.15, 0.2) is 53.5 Å². The van der Waals surface area contributed by atoms with Crippen molar-refractivity contribution in [3.63, 3.8) is 0 Å². The lowest BCUT2D eigenvalue weighted by Gasteiger charge is -2.15. The minimum absolute atomic E-state index is 0.00519. The van der Waals surface area contributed by atoms with Gasteiger partial charge < -0.3 is 14.2 Å². The van der Waals surface area contributed by atoms with Crippen molar-refractivity contribution in [2.24, 2.45) is 0 Å². The van der Waals surface area contributed by atoms with E-state index < -0.39 is 17.2 Å². The van der Waals surface area contributed by atoms with Gasteiger partial charge in [0.2, 0.25) is 5.91 Å². The molecule has 1 aromatic heterocycles. The zero-order valence-corrected chi connectivity index (χ0v) is 17.5. The highest BCUT2D eigenvalue weighted by Crippen LogP contribution is 2.29. The Kier molecular flexibility index (Phi) is 5.78. The smallest absolute Gasteiger partial charge is 0.273 e. The molecular formula is C23H19ClF2N2O3. The maximum absolute atomic E-state index is 13.8. The molecule has 0 radical (unpaired) electrons. The topological polar surface area (TPSA) is 51.5 Å². The quantitative estimate of drug-likeness (QED) is 0.589. The van der Waals surface area contributed by atoms with Gasteiger partial charge in [0, 0.05) is 37.0 Å². The molecule has 0 N–H and O–H groups in total. The number of ether oxygens (including phenoxy) is 1. The van der Waals surface area contributed by atoms with Gasteiger partial charge >= 0.3 is 0 Å². The highest BCUT2D eigenvalue weighted by Gasteiger charge is 2.22. The Bertz CT molecular complexity index is 1230. The number of benzene rings is 2. The van der Waals surface area contributed by atoms with Gasteiger partial charge in [0.05, 0.1) is 6.54 Å². The summed E-state index contributed by atoms with van der Waals surface area (Å²) in [6.45, 7) is 2.31. The molecule has 0 bridgehead atoms. The van der Waals surface area contributed by atoms with Gasteiger partial charge in [0.25, 0.3) is 5.56 Å². The number of anilines is 1. The number of halogens is 3. The van der Waals surface area contributed by atoms with Crippen LogP contribution in [0.3, 0.4) is 0 Å².